The Morgan fingerprint density at radius 1 is 1.10 bits per heavy atom. The van der Waals surface area contributed by atoms with Crippen molar-refractivity contribution in [3.05, 3.63) is 23.8 Å². The molecule has 1 rings (SSSR count). The van der Waals surface area contributed by atoms with Crippen LogP contribution in [0.5, 0.6) is 5.75 Å². The largest absolute Gasteiger partial charge is 0.497 e. The predicted molar refractivity (Wildman–Crippen MR) is 87.8 cm³/mol. The quantitative estimate of drug-likeness (QED) is 0.713. The van der Waals surface area contributed by atoms with Crippen molar-refractivity contribution in [2.75, 3.05) is 20.2 Å². The number of nitrogens with zero attached hydrogens (tertiary/aromatic N) is 1. The van der Waals surface area contributed by atoms with Crippen LogP contribution in [0.15, 0.2) is 18.2 Å². The van der Waals surface area contributed by atoms with Gasteiger partial charge in [-0.3, -0.25) is 4.90 Å². The maximum atomic E-state index is 9.54. The molecule has 0 amide bonds. The number of methoxy groups -OCH3 is 1. The first-order valence-corrected chi connectivity index (χ1v) is 7.58. The van der Waals surface area contributed by atoms with Crippen molar-refractivity contribution in [3.63, 3.8) is 0 Å². The van der Waals surface area contributed by atoms with Crippen molar-refractivity contribution in [2.24, 2.45) is 11.8 Å². The molecule has 0 fully saturated rings. The van der Waals surface area contributed by atoms with Crippen molar-refractivity contribution in [1.82, 2.24) is 4.90 Å². The van der Waals surface area contributed by atoms with Gasteiger partial charge in [0.1, 0.15) is 5.75 Å². The zero-order valence-electron chi connectivity index (χ0n) is 13.8. The SMILES string of the molecule is COc1ccc(B(O)O)c(CN(CC(C)C)CC(C)C)c1. The first-order valence-electron chi connectivity index (χ1n) is 7.58. The lowest BCUT2D eigenvalue weighted by Gasteiger charge is -2.27. The summed E-state index contributed by atoms with van der Waals surface area (Å²) in [5.41, 5.74) is 1.46. The van der Waals surface area contributed by atoms with Crippen LogP contribution in [0.4, 0.5) is 0 Å². The molecule has 21 heavy (non-hydrogen) atoms. The highest BCUT2D eigenvalue weighted by molar-refractivity contribution is 6.59. The third kappa shape index (κ3) is 6.08. The molecule has 0 bridgehead atoms. The van der Waals surface area contributed by atoms with E-state index in [4.69, 9.17) is 4.74 Å². The summed E-state index contributed by atoms with van der Waals surface area (Å²) in [4.78, 5) is 2.36. The van der Waals surface area contributed by atoms with Crippen LogP contribution in [-0.4, -0.2) is 42.3 Å². The minimum atomic E-state index is -1.45. The van der Waals surface area contributed by atoms with Gasteiger partial charge in [-0.05, 0) is 35.0 Å². The number of hydrogen-bond donors (Lipinski definition) is 2. The maximum absolute atomic E-state index is 9.54. The Labute approximate surface area is 128 Å². The summed E-state index contributed by atoms with van der Waals surface area (Å²) in [7, 11) is 0.166. The van der Waals surface area contributed by atoms with Crippen molar-refractivity contribution in [2.45, 2.75) is 34.2 Å². The smallest absolute Gasteiger partial charge is 0.488 e. The molecular weight excluding hydrogens is 265 g/mol. The fourth-order valence-electron chi connectivity index (χ4n) is 2.58. The topological polar surface area (TPSA) is 52.9 Å². The summed E-state index contributed by atoms with van der Waals surface area (Å²) >= 11 is 0. The van der Waals surface area contributed by atoms with E-state index in [0.29, 0.717) is 23.8 Å². The van der Waals surface area contributed by atoms with Crippen molar-refractivity contribution in [1.29, 1.82) is 0 Å². The Balaban J connectivity index is 2.99. The van der Waals surface area contributed by atoms with Crippen LogP contribution in [0.2, 0.25) is 0 Å². The summed E-state index contributed by atoms with van der Waals surface area (Å²) in [6.45, 7) is 11.4. The molecule has 0 saturated carbocycles. The molecule has 0 aliphatic carbocycles. The normalized spacial score (nSPS) is 11.5. The van der Waals surface area contributed by atoms with E-state index in [1.54, 1.807) is 19.2 Å². The lowest BCUT2D eigenvalue weighted by molar-refractivity contribution is 0.211. The van der Waals surface area contributed by atoms with Crippen LogP contribution in [0, 0.1) is 11.8 Å². The molecule has 1 aromatic carbocycles. The third-order valence-corrected chi connectivity index (χ3v) is 3.27. The molecule has 1 aromatic rings. The van der Waals surface area contributed by atoms with E-state index in [2.05, 4.69) is 32.6 Å². The highest BCUT2D eigenvalue weighted by Gasteiger charge is 2.19. The number of rotatable bonds is 8. The summed E-state index contributed by atoms with van der Waals surface area (Å²) in [6, 6.07) is 5.37. The van der Waals surface area contributed by atoms with E-state index in [1.807, 2.05) is 6.07 Å². The van der Waals surface area contributed by atoms with Gasteiger partial charge in [-0.15, -0.1) is 0 Å². The maximum Gasteiger partial charge on any atom is 0.488 e. The zero-order chi connectivity index (χ0) is 16.0. The lowest BCUT2D eigenvalue weighted by Crippen LogP contribution is -2.37. The van der Waals surface area contributed by atoms with Gasteiger partial charge in [0.25, 0.3) is 0 Å². The van der Waals surface area contributed by atoms with Gasteiger partial charge in [-0.25, -0.2) is 0 Å². The standard InChI is InChI=1S/C16H28BNO3/c1-12(2)9-18(10-13(3)4)11-14-8-15(21-5)6-7-16(14)17(19)20/h6-8,12-13,19-20H,9-11H2,1-5H3. The molecule has 0 spiro atoms. The van der Waals surface area contributed by atoms with Gasteiger partial charge in [0.2, 0.25) is 0 Å². The second-order valence-corrected chi connectivity index (χ2v) is 6.42. The van der Waals surface area contributed by atoms with Gasteiger partial charge in [-0.2, -0.15) is 0 Å². The fraction of sp³-hybridized carbons (Fsp3) is 0.625. The summed E-state index contributed by atoms with van der Waals surface area (Å²) in [6.07, 6.45) is 0. The highest BCUT2D eigenvalue weighted by atomic mass is 16.5. The second kappa shape index (κ2) is 8.42. The van der Waals surface area contributed by atoms with E-state index in [1.165, 1.54) is 0 Å². The van der Waals surface area contributed by atoms with Crippen LogP contribution in [0.3, 0.4) is 0 Å². The highest BCUT2D eigenvalue weighted by Crippen LogP contribution is 2.15. The van der Waals surface area contributed by atoms with Gasteiger partial charge < -0.3 is 14.8 Å². The molecule has 0 atom stereocenters. The average Bonchev–Trinajstić information content (AvgIpc) is 2.36. The molecule has 2 N–H and O–H groups in total. The molecule has 0 aliphatic rings. The molecule has 118 valence electrons. The van der Waals surface area contributed by atoms with Crippen LogP contribution >= 0.6 is 0 Å². The second-order valence-electron chi connectivity index (χ2n) is 6.42. The molecule has 0 heterocycles. The van der Waals surface area contributed by atoms with Gasteiger partial charge in [0.05, 0.1) is 7.11 Å². The van der Waals surface area contributed by atoms with Gasteiger partial charge in [-0.1, -0.05) is 33.8 Å². The average molecular weight is 293 g/mol. The number of ether oxygens (including phenoxy) is 1. The monoisotopic (exact) mass is 293 g/mol. The Morgan fingerprint density at radius 3 is 2.10 bits per heavy atom. The van der Waals surface area contributed by atoms with Crippen LogP contribution < -0.4 is 10.2 Å². The third-order valence-electron chi connectivity index (χ3n) is 3.27. The van der Waals surface area contributed by atoms with Crippen molar-refractivity contribution in [3.8, 4) is 5.75 Å². The van der Waals surface area contributed by atoms with Crippen LogP contribution in [-0.2, 0) is 6.54 Å². The van der Waals surface area contributed by atoms with E-state index in [9.17, 15) is 10.0 Å². The fourth-order valence-corrected chi connectivity index (χ4v) is 2.58. The minimum Gasteiger partial charge on any atom is -0.497 e. The van der Waals surface area contributed by atoms with Gasteiger partial charge >= 0.3 is 7.12 Å². The summed E-state index contributed by atoms with van der Waals surface area (Å²) < 4.78 is 5.25. The van der Waals surface area contributed by atoms with E-state index in [0.717, 1.165) is 24.4 Å². The van der Waals surface area contributed by atoms with Crippen molar-refractivity contribution >= 4 is 12.6 Å². The molecule has 0 saturated heterocycles. The first kappa shape index (κ1) is 18.0. The molecular formula is C16H28BNO3. The van der Waals surface area contributed by atoms with Gasteiger partial charge in [0, 0.05) is 19.6 Å². The molecule has 4 nitrogen and oxygen atoms in total. The Hall–Kier alpha value is -1.04. The summed E-state index contributed by atoms with van der Waals surface area (Å²) in [5, 5.41) is 19.1. The molecule has 0 unspecified atom stereocenters. The van der Waals surface area contributed by atoms with Crippen LogP contribution in [0.1, 0.15) is 33.3 Å². The van der Waals surface area contributed by atoms with E-state index >= 15 is 0 Å². The Morgan fingerprint density at radius 2 is 1.67 bits per heavy atom. The van der Waals surface area contributed by atoms with Crippen LogP contribution in [0.25, 0.3) is 0 Å². The Bertz CT molecular complexity index is 426. The van der Waals surface area contributed by atoms with Gasteiger partial charge in [0.15, 0.2) is 0 Å². The number of hydrogen-bond acceptors (Lipinski definition) is 4. The molecule has 5 heteroatoms. The summed E-state index contributed by atoms with van der Waals surface area (Å²) in [5.74, 6) is 1.87. The minimum absolute atomic E-state index is 0.549. The predicted octanol–water partition coefficient (Wildman–Crippen LogP) is 1.49. The zero-order valence-corrected chi connectivity index (χ0v) is 13.8. The Kier molecular flexibility index (Phi) is 7.22. The first-order chi connectivity index (χ1) is 9.83. The van der Waals surface area contributed by atoms with E-state index in [-0.39, 0.29) is 0 Å². The lowest BCUT2D eigenvalue weighted by atomic mass is 9.76. The molecule has 0 aromatic heterocycles. The van der Waals surface area contributed by atoms with Crippen molar-refractivity contribution < 1.29 is 14.8 Å². The van der Waals surface area contributed by atoms with E-state index < -0.39 is 7.12 Å². The number of benzene rings is 1. The molecule has 0 aliphatic heterocycles. The molecule has 0 radical (unpaired) electrons.